The Hall–Kier alpha value is -3.97. The molecule has 1 aromatic heterocycles. The van der Waals surface area contributed by atoms with Crippen molar-refractivity contribution in [1.29, 1.82) is 0 Å². The number of ether oxygens (including phenoxy) is 1. The lowest BCUT2D eigenvalue weighted by molar-refractivity contribution is -0.385. The maximum Gasteiger partial charge on any atom is 0.312 e. The lowest BCUT2D eigenvalue weighted by Crippen LogP contribution is -2.29. The number of hydrogen-bond acceptors (Lipinski definition) is 7. The zero-order valence-corrected chi connectivity index (χ0v) is 24.6. The van der Waals surface area contributed by atoms with E-state index in [1.54, 1.807) is 24.3 Å². The third kappa shape index (κ3) is 6.42. The smallest absolute Gasteiger partial charge is 0.312 e. The molecule has 13 heteroatoms. The zero-order chi connectivity index (χ0) is 29.2. The number of nitrogens with one attached hydrogen (secondary N) is 1. The fourth-order valence-electron chi connectivity index (χ4n) is 3.74. The molecule has 0 saturated heterocycles. The van der Waals surface area contributed by atoms with Crippen LogP contribution in [0.2, 0.25) is 0 Å². The van der Waals surface area contributed by atoms with Crippen LogP contribution in [0.4, 0.5) is 15.8 Å². The van der Waals surface area contributed by atoms with E-state index in [9.17, 15) is 24.1 Å². The van der Waals surface area contributed by atoms with E-state index in [4.69, 9.17) is 4.74 Å². The van der Waals surface area contributed by atoms with Gasteiger partial charge in [-0.3, -0.25) is 19.7 Å². The summed E-state index contributed by atoms with van der Waals surface area (Å²) in [5.74, 6) is -1.28. The Kier molecular flexibility index (Phi) is 8.45. The molecule has 0 aliphatic heterocycles. The fourth-order valence-corrected chi connectivity index (χ4v) is 4.56. The second-order valence-electron chi connectivity index (χ2n) is 9.63. The highest BCUT2D eigenvalue weighted by Crippen LogP contribution is 2.34. The second kappa shape index (κ2) is 11.6. The number of anilines is 1. The van der Waals surface area contributed by atoms with E-state index in [0.717, 1.165) is 4.68 Å². The minimum absolute atomic E-state index is 0.0623. The highest BCUT2D eigenvalue weighted by atomic mass is 79.9. The summed E-state index contributed by atoms with van der Waals surface area (Å²) in [6, 6.07) is 13.4. The highest BCUT2D eigenvalue weighted by molar-refractivity contribution is 9.10. The third-order valence-corrected chi connectivity index (χ3v) is 6.50. The molecule has 0 radical (unpaired) electrons. The topological polar surface area (TPSA) is 129 Å². The van der Waals surface area contributed by atoms with Crippen molar-refractivity contribution in [2.24, 2.45) is 5.10 Å². The van der Waals surface area contributed by atoms with Gasteiger partial charge in [0, 0.05) is 26.0 Å². The number of halogens is 3. The van der Waals surface area contributed by atoms with Crippen molar-refractivity contribution in [2.45, 2.75) is 26.2 Å². The van der Waals surface area contributed by atoms with Gasteiger partial charge in [-0.1, -0.05) is 64.8 Å². The summed E-state index contributed by atoms with van der Waals surface area (Å²) >= 11 is 6.61. The molecule has 206 valence electrons. The van der Waals surface area contributed by atoms with Crippen LogP contribution < -0.4 is 15.6 Å². The summed E-state index contributed by atoms with van der Waals surface area (Å²) in [6.45, 7) is 4.96. The first kappa shape index (κ1) is 29.0. The molecule has 0 bridgehead atoms. The number of nitrogens with zero attached hydrogens (tertiary/aromatic N) is 4. The molecule has 0 fully saturated rings. The van der Waals surface area contributed by atoms with Gasteiger partial charge in [0.15, 0.2) is 6.61 Å². The van der Waals surface area contributed by atoms with Crippen LogP contribution in [0.1, 0.15) is 32.2 Å². The van der Waals surface area contributed by atoms with Crippen molar-refractivity contribution in [3.05, 3.63) is 101 Å². The van der Waals surface area contributed by atoms with Crippen molar-refractivity contribution < 1.29 is 18.8 Å². The molecular weight excluding hydrogens is 653 g/mol. The monoisotopic (exact) mass is 673 g/mol. The quantitative estimate of drug-likeness (QED) is 0.142. The lowest BCUT2D eigenvalue weighted by Gasteiger charge is -2.21. The van der Waals surface area contributed by atoms with Gasteiger partial charge in [0.2, 0.25) is 5.75 Å². The van der Waals surface area contributed by atoms with Gasteiger partial charge in [-0.05, 0) is 36.4 Å². The fraction of sp³-hybridized carbons (Fsp3) is 0.185. The molecule has 1 amide bonds. The maximum absolute atomic E-state index is 13.9. The Morgan fingerprint density at radius 2 is 1.90 bits per heavy atom. The predicted octanol–water partition coefficient (Wildman–Crippen LogP) is 6.17. The molecule has 3 aromatic carbocycles. The van der Waals surface area contributed by atoms with E-state index >= 15 is 0 Å². The van der Waals surface area contributed by atoms with Crippen molar-refractivity contribution in [3.63, 3.8) is 0 Å². The Bertz CT molecular complexity index is 1730. The number of amides is 1. The summed E-state index contributed by atoms with van der Waals surface area (Å²) in [5, 5.41) is 18.9. The number of hydrogen-bond donors (Lipinski definition) is 1. The third-order valence-electron chi connectivity index (χ3n) is 5.55. The van der Waals surface area contributed by atoms with Gasteiger partial charge in [-0.25, -0.2) is 9.37 Å². The molecule has 0 aliphatic carbocycles. The molecule has 0 saturated carbocycles. The number of nitro benzene ring substituents is 1. The average molecular weight is 675 g/mol. The minimum atomic E-state index is -0.735. The molecule has 1 heterocycles. The van der Waals surface area contributed by atoms with Crippen LogP contribution in [0.5, 0.6) is 5.75 Å². The first-order valence-electron chi connectivity index (χ1n) is 11.8. The molecule has 4 rings (SSSR count). The van der Waals surface area contributed by atoms with Gasteiger partial charge in [-0.2, -0.15) is 9.78 Å². The van der Waals surface area contributed by atoms with E-state index in [-0.39, 0.29) is 17.0 Å². The largest absolute Gasteiger partial charge is 0.476 e. The van der Waals surface area contributed by atoms with Gasteiger partial charge in [0.1, 0.15) is 11.6 Å². The van der Waals surface area contributed by atoms with Gasteiger partial charge >= 0.3 is 5.69 Å². The number of rotatable bonds is 7. The number of carbonyl (C=O) groups excluding carboxylic acids is 1. The number of fused-ring (bicyclic) bond motifs is 1. The van der Waals surface area contributed by atoms with Crippen molar-refractivity contribution in [3.8, 4) is 5.75 Å². The van der Waals surface area contributed by atoms with Crippen molar-refractivity contribution in [1.82, 2.24) is 9.66 Å². The Morgan fingerprint density at radius 1 is 1.18 bits per heavy atom. The standard InChI is InChI=1S/C27H22Br2FN5O5/c1-27(2,3)26-33-20-9-8-16(28)11-18(20)25(37)34(26)31-13-15-10-17(29)12-22(35(38)39)24(15)40-14-23(36)32-21-7-5-4-6-19(21)30/h4-13H,14H2,1-3H3,(H,32,36). The van der Waals surface area contributed by atoms with E-state index in [1.807, 2.05) is 20.8 Å². The van der Waals surface area contributed by atoms with Crippen molar-refractivity contribution >= 4 is 66.3 Å². The van der Waals surface area contributed by atoms with Gasteiger partial charge in [-0.15, -0.1) is 0 Å². The molecule has 0 aliphatic rings. The SMILES string of the molecule is CC(C)(C)c1nc2ccc(Br)cc2c(=O)n1N=Cc1cc(Br)cc([N+](=O)[O-])c1OCC(=O)Nc1ccccc1F. The summed E-state index contributed by atoms with van der Waals surface area (Å²) in [6.07, 6.45) is 1.23. The molecule has 0 atom stereocenters. The second-order valence-corrected chi connectivity index (χ2v) is 11.5. The number of aromatic nitrogens is 2. The van der Waals surface area contributed by atoms with E-state index in [2.05, 4.69) is 47.3 Å². The van der Waals surface area contributed by atoms with E-state index in [1.165, 1.54) is 36.5 Å². The number of carbonyl (C=O) groups is 1. The number of benzene rings is 3. The minimum Gasteiger partial charge on any atom is -0.476 e. The average Bonchev–Trinajstić information content (AvgIpc) is 2.88. The first-order valence-corrected chi connectivity index (χ1v) is 13.4. The van der Waals surface area contributed by atoms with Crippen LogP contribution >= 0.6 is 31.9 Å². The predicted molar refractivity (Wildman–Crippen MR) is 157 cm³/mol. The van der Waals surface area contributed by atoms with Crippen molar-refractivity contribution in [2.75, 3.05) is 11.9 Å². The summed E-state index contributed by atoms with van der Waals surface area (Å²) in [7, 11) is 0. The Morgan fingerprint density at radius 3 is 2.58 bits per heavy atom. The van der Waals surface area contributed by atoms with E-state index in [0.29, 0.717) is 25.7 Å². The first-order chi connectivity index (χ1) is 18.8. The molecule has 0 spiro atoms. The van der Waals surface area contributed by atoms with Crippen LogP contribution in [-0.4, -0.2) is 33.3 Å². The normalized spacial score (nSPS) is 11.7. The van der Waals surface area contributed by atoms with Crippen LogP contribution in [0.25, 0.3) is 10.9 Å². The maximum atomic E-state index is 13.9. The Balaban J connectivity index is 1.76. The summed E-state index contributed by atoms with van der Waals surface area (Å²) in [5.41, 5.74) is -0.936. The zero-order valence-electron chi connectivity index (χ0n) is 21.4. The number of para-hydroxylation sites is 1. The van der Waals surface area contributed by atoms with Crippen LogP contribution in [0, 0.1) is 15.9 Å². The number of nitro groups is 1. The molecule has 0 unspecified atom stereocenters. The molecule has 10 nitrogen and oxygen atoms in total. The summed E-state index contributed by atoms with van der Waals surface area (Å²) in [4.78, 5) is 41.7. The highest BCUT2D eigenvalue weighted by Gasteiger charge is 2.24. The summed E-state index contributed by atoms with van der Waals surface area (Å²) < 4.78 is 21.6. The molecular formula is C27H22Br2FN5O5. The van der Waals surface area contributed by atoms with Gasteiger partial charge < -0.3 is 10.1 Å². The molecule has 4 aromatic rings. The van der Waals surface area contributed by atoms with E-state index < -0.39 is 39.9 Å². The molecule has 40 heavy (non-hydrogen) atoms. The van der Waals surface area contributed by atoms with Gasteiger partial charge in [0.05, 0.1) is 27.7 Å². The van der Waals surface area contributed by atoms with Gasteiger partial charge in [0.25, 0.3) is 11.5 Å². The van der Waals surface area contributed by atoms with Crippen LogP contribution in [0.3, 0.4) is 0 Å². The lowest BCUT2D eigenvalue weighted by atomic mass is 9.95. The molecule has 1 N–H and O–H groups in total. The van der Waals surface area contributed by atoms with Crippen LogP contribution in [-0.2, 0) is 10.2 Å². The van der Waals surface area contributed by atoms with Crippen LogP contribution in [0.15, 0.2) is 73.4 Å². The Labute approximate surface area is 244 Å².